The maximum atomic E-state index is 13.1. The summed E-state index contributed by atoms with van der Waals surface area (Å²) in [4.78, 5) is 34.2. The molecule has 4 fully saturated rings. The Hall–Kier alpha value is -1.85. The number of imidazole rings is 1. The smallest absolute Gasteiger partial charge is 0.332 e. The number of nitrogens with zero attached hydrogens (tertiary/aromatic N) is 3. The van der Waals surface area contributed by atoms with E-state index in [4.69, 9.17) is 7.73 Å². The van der Waals surface area contributed by atoms with Gasteiger partial charge in [0.1, 0.15) is 11.3 Å². The molecule has 1 N–H and O–H groups in total. The van der Waals surface area contributed by atoms with E-state index in [0.29, 0.717) is 12.3 Å². The second-order valence-corrected chi connectivity index (χ2v) is 8.57. The highest BCUT2D eigenvalue weighted by atomic mass is 16.2. The van der Waals surface area contributed by atoms with Crippen molar-refractivity contribution in [2.45, 2.75) is 77.2 Å². The van der Waals surface area contributed by atoms with Crippen LogP contribution in [-0.2, 0) is 18.5 Å². The SMILES string of the molecule is [2H]C([2H])(CC)n1c(=O)n(CCC)c(=O)c2[nH]c(C34CC5CC(CC3C5)C4)nc21. The molecule has 4 bridgehead atoms. The topological polar surface area (TPSA) is 72.7 Å². The van der Waals surface area contributed by atoms with E-state index in [2.05, 4.69) is 4.98 Å². The average molecular weight is 358 g/mol. The van der Waals surface area contributed by atoms with Crippen molar-refractivity contribution in [2.24, 2.45) is 17.8 Å². The van der Waals surface area contributed by atoms with Gasteiger partial charge in [0.2, 0.25) is 0 Å². The maximum Gasteiger partial charge on any atom is 0.332 e. The molecule has 2 atom stereocenters. The van der Waals surface area contributed by atoms with Gasteiger partial charge in [0.05, 0.1) is 0 Å². The minimum Gasteiger partial charge on any atom is -0.336 e. The summed E-state index contributed by atoms with van der Waals surface area (Å²) in [6.07, 6.45) is 6.74. The molecule has 2 heterocycles. The van der Waals surface area contributed by atoms with E-state index in [9.17, 15) is 9.59 Å². The molecule has 2 aromatic heterocycles. The van der Waals surface area contributed by atoms with Gasteiger partial charge in [-0.25, -0.2) is 9.78 Å². The Labute approximate surface area is 155 Å². The third-order valence-corrected chi connectivity index (χ3v) is 7.00. The van der Waals surface area contributed by atoms with Crippen LogP contribution in [0.5, 0.6) is 0 Å². The van der Waals surface area contributed by atoms with Crippen LogP contribution in [0.4, 0.5) is 0 Å². The summed E-state index contributed by atoms with van der Waals surface area (Å²) in [6, 6.07) is 0. The summed E-state index contributed by atoms with van der Waals surface area (Å²) in [5.41, 5.74) is -0.531. The van der Waals surface area contributed by atoms with Gasteiger partial charge in [0.25, 0.3) is 5.56 Å². The lowest BCUT2D eigenvalue weighted by molar-refractivity contribution is 0.262. The van der Waals surface area contributed by atoms with Crippen molar-refractivity contribution < 1.29 is 2.74 Å². The zero-order valence-corrected chi connectivity index (χ0v) is 15.5. The lowest BCUT2D eigenvalue weighted by atomic mass is 9.75. The van der Waals surface area contributed by atoms with Crippen molar-refractivity contribution in [3.63, 3.8) is 0 Å². The van der Waals surface area contributed by atoms with Crippen LogP contribution >= 0.6 is 0 Å². The number of rotatable bonds is 5. The van der Waals surface area contributed by atoms with Crippen LogP contribution < -0.4 is 11.2 Å². The van der Waals surface area contributed by atoms with E-state index in [1.807, 2.05) is 6.92 Å². The fourth-order valence-corrected chi connectivity index (χ4v) is 6.25. The molecule has 4 aliphatic carbocycles. The van der Waals surface area contributed by atoms with Gasteiger partial charge in [-0.3, -0.25) is 13.9 Å². The number of aryl methyl sites for hydroxylation is 1. The zero-order chi connectivity index (χ0) is 19.8. The van der Waals surface area contributed by atoms with E-state index in [-0.39, 0.29) is 35.1 Å². The van der Waals surface area contributed by atoms with Crippen LogP contribution in [0.25, 0.3) is 11.2 Å². The number of aromatic amines is 1. The van der Waals surface area contributed by atoms with E-state index >= 15 is 0 Å². The molecule has 0 saturated heterocycles. The number of nitrogens with one attached hydrogen (secondary N) is 1. The minimum atomic E-state index is -1.89. The molecule has 0 aromatic carbocycles. The lowest BCUT2D eigenvalue weighted by Gasteiger charge is -2.30. The monoisotopic (exact) mass is 358 g/mol. The van der Waals surface area contributed by atoms with Gasteiger partial charge in [-0.2, -0.15) is 0 Å². The van der Waals surface area contributed by atoms with Crippen molar-refractivity contribution in [2.75, 3.05) is 0 Å². The normalized spacial score (nSPS) is 33.8. The number of hydrogen-bond donors (Lipinski definition) is 1. The molecule has 2 aromatic rings. The Balaban J connectivity index is 1.78. The molecule has 0 spiro atoms. The Bertz CT molecular complexity index is 1050. The first kappa shape index (κ1) is 14.2. The van der Waals surface area contributed by atoms with Crippen LogP contribution in [-0.4, -0.2) is 19.1 Å². The quantitative estimate of drug-likeness (QED) is 0.893. The Morgan fingerprint density at radius 1 is 1.15 bits per heavy atom. The van der Waals surface area contributed by atoms with Gasteiger partial charge in [0, 0.05) is 21.2 Å². The molecule has 140 valence electrons. The summed E-state index contributed by atoms with van der Waals surface area (Å²) < 4.78 is 19.1. The van der Waals surface area contributed by atoms with Crippen molar-refractivity contribution in [3.8, 4) is 0 Å². The molecule has 26 heavy (non-hydrogen) atoms. The van der Waals surface area contributed by atoms with E-state index in [1.165, 1.54) is 19.3 Å². The van der Waals surface area contributed by atoms with Crippen molar-refractivity contribution in [3.05, 3.63) is 26.7 Å². The second kappa shape index (κ2) is 5.57. The van der Waals surface area contributed by atoms with Gasteiger partial charge in [-0.15, -0.1) is 0 Å². The molecule has 0 amide bonds. The van der Waals surface area contributed by atoms with Gasteiger partial charge in [-0.1, -0.05) is 13.8 Å². The zero-order valence-electron chi connectivity index (χ0n) is 17.5. The van der Waals surface area contributed by atoms with Gasteiger partial charge < -0.3 is 4.98 Å². The fourth-order valence-electron chi connectivity index (χ4n) is 6.25. The minimum absolute atomic E-state index is 0.0194. The first-order valence-corrected chi connectivity index (χ1v) is 10.1. The largest absolute Gasteiger partial charge is 0.336 e. The highest BCUT2D eigenvalue weighted by molar-refractivity contribution is 5.70. The summed E-state index contributed by atoms with van der Waals surface area (Å²) in [5.74, 6) is 2.89. The average Bonchev–Trinajstić information content (AvgIpc) is 3.26. The molecular formula is C20H28N4O2. The Morgan fingerprint density at radius 2 is 1.88 bits per heavy atom. The van der Waals surface area contributed by atoms with Gasteiger partial charge >= 0.3 is 5.69 Å². The highest BCUT2D eigenvalue weighted by Crippen LogP contribution is 2.65. The number of H-pyrrole nitrogens is 1. The predicted octanol–water partition coefficient (Wildman–Crippen LogP) is 2.78. The standard InChI is InChI=1S/C20H28N4O2/c1-3-5-23-16-15(17(25)24(6-4-2)19(23)26)21-18(22-16)20-10-12-7-13(11-20)9-14(20)8-12/h12-14H,3-11H2,1-2H3,(H,21,22)/i5D2. The molecule has 0 aliphatic heterocycles. The van der Waals surface area contributed by atoms with Crippen LogP contribution in [0.2, 0.25) is 0 Å². The van der Waals surface area contributed by atoms with E-state index in [1.54, 1.807) is 6.92 Å². The molecule has 4 aliphatic rings. The summed E-state index contributed by atoms with van der Waals surface area (Å²) in [7, 11) is 0. The van der Waals surface area contributed by atoms with Crippen LogP contribution in [0.1, 0.15) is 67.4 Å². The highest BCUT2D eigenvalue weighted by Gasteiger charge is 2.59. The fraction of sp³-hybridized carbons (Fsp3) is 0.750. The predicted molar refractivity (Wildman–Crippen MR) is 100 cm³/mol. The molecule has 6 rings (SSSR count). The van der Waals surface area contributed by atoms with Crippen molar-refractivity contribution in [1.29, 1.82) is 0 Å². The first-order chi connectivity index (χ1) is 13.3. The Kier molecular flexibility index (Phi) is 3.05. The van der Waals surface area contributed by atoms with Crippen molar-refractivity contribution in [1.82, 2.24) is 19.1 Å². The van der Waals surface area contributed by atoms with Gasteiger partial charge in [-0.05, 0) is 62.7 Å². The van der Waals surface area contributed by atoms with Gasteiger partial charge in [0.15, 0.2) is 5.65 Å². The Morgan fingerprint density at radius 3 is 2.54 bits per heavy atom. The third-order valence-electron chi connectivity index (χ3n) is 7.00. The number of hydrogen-bond acceptors (Lipinski definition) is 3. The van der Waals surface area contributed by atoms with Crippen LogP contribution in [0, 0.1) is 17.8 Å². The number of fused-ring (bicyclic) bond motifs is 1. The molecule has 6 nitrogen and oxygen atoms in total. The molecule has 2 unspecified atom stereocenters. The molecule has 6 heteroatoms. The summed E-state index contributed by atoms with van der Waals surface area (Å²) in [6.45, 7) is 1.99. The van der Waals surface area contributed by atoms with E-state index in [0.717, 1.165) is 39.6 Å². The molecule has 0 radical (unpaired) electrons. The second-order valence-electron chi connectivity index (χ2n) is 8.57. The van der Waals surface area contributed by atoms with Crippen LogP contribution in [0.15, 0.2) is 9.59 Å². The maximum absolute atomic E-state index is 13.1. The lowest BCUT2D eigenvalue weighted by Crippen LogP contribution is -2.40. The summed E-state index contributed by atoms with van der Waals surface area (Å²) in [5, 5.41) is 0. The first-order valence-electron chi connectivity index (χ1n) is 11.1. The summed E-state index contributed by atoms with van der Waals surface area (Å²) >= 11 is 0. The van der Waals surface area contributed by atoms with Crippen LogP contribution in [0.3, 0.4) is 0 Å². The van der Waals surface area contributed by atoms with Crippen molar-refractivity contribution >= 4 is 11.2 Å². The molecule has 4 saturated carbocycles. The number of aromatic nitrogens is 4. The molecular weight excluding hydrogens is 328 g/mol. The third kappa shape index (κ3) is 2.01. The van der Waals surface area contributed by atoms with E-state index < -0.39 is 12.2 Å².